The molecule has 0 saturated heterocycles. The number of sulfone groups is 1. The molecule has 0 radical (unpaired) electrons. The van der Waals surface area contributed by atoms with Gasteiger partial charge >= 0.3 is 5.97 Å². The number of nitrogens with zero attached hydrogens (tertiary/aromatic N) is 1. The molecule has 0 aliphatic rings. The third-order valence-corrected chi connectivity index (χ3v) is 8.16. The first-order valence-electron chi connectivity index (χ1n) is 12.9. The molecule has 212 valence electrons. The lowest BCUT2D eigenvalue weighted by molar-refractivity contribution is -0.142. The molecule has 2 rings (SSSR count). The monoisotopic (exact) mass is 566 g/mol. The highest BCUT2D eigenvalue weighted by Crippen LogP contribution is 2.21. The Morgan fingerprint density at radius 3 is 2.47 bits per heavy atom. The number of aliphatic carboxylic acids is 1. The van der Waals surface area contributed by atoms with Crippen LogP contribution in [0.1, 0.15) is 32.3 Å². The largest absolute Gasteiger partial charge is 0.480 e. The minimum Gasteiger partial charge on any atom is -0.480 e. The van der Waals surface area contributed by atoms with Gasteiger partial charge < -0.3 is 21.5 Å². The summed E-state index contributed by atoms with van der Waals surface area (Å²) in [4.78, 5) is 26.8. The van der Waals surface area contributed by atoms with Crippen LogP contribution in [0.4, 0.5) is 0 Å². The number of hydrogen-bond acceptors (Lipinski definition) is 8. The number of rotatable bonds is 17. The van der Waals surface area contributed by atoms with E-state index in [1.807, 2.05) is 47.4 Å². The van der Waals surface area contributed by atoms with Crippen LogP contribution in [0.5, 0.6) is 0 Å². The minimum absolute atomic E-state index is 0.0363. The zero-order valence-electron chi connectivity index (χ0n) is 22.5. The Labute approximate surface area is 231 Å². The fraction of sp³-hybridized carbons (Fsp3) is 0.556. The van der Waals surface area contributed by atoms with Crippen molar-refractivity contribution in [2.45, 2.75) is 51.4 Å². The van der Waals surface area contributed by atoms with E-state index < -0.39 is 27.8 Å². The highest BCUT2D eigenvalue weighted by Gasteiger charge is 2.25. The molecule has 9 nitrogen and oxygen atoms in total. The SMILES string of the molecule is CC[C@H](C)[C@@H](CN(CC(=O)N[C@@H](CCS(C)(=O)=O)C(=O)O)Cc1cccc2ccccc12)NC[C@@H](N)CS. The minimum atomic E-state index is -3.37. The standard InChI is InChI=1S/C27H42N4O5S2/c1-4-19(2)25(29-14-22(28)18-37)16-31(15-21-10-7-9-20-8-5-6-11-23(20)21)17-26(32)30-24(27(33)34)12-13-38(3,35)36/h5-11,19,22,24-25,29,37H,4,12-18,28H2,1-3H3,(H,30,32)(H,33,34)/t19-,22+,24-,25+/m0/s1. The molecular weight excluding hydrogens is 524 g/mol. The van der Waals surface area contributed by atoms with Crippen molar-refractivity contribution in [1.29, 1.82) is 0 Å². The number of carbonyl (C=O) groups is 2. The molecule has 0 bridgehead atoms. The van der Waals surface area contributed by atoms with Gasteiger partial charge in [-0.3, -0.25) is 9.69 Å². The number of carboxylic acids is 1. The van der Waals surface area contributed by atoms with Crippen LogP contribution in [0.25, 0.3) is 10.8 Å². The van der Waals surface area contributed by atoms with Crippen molar-refractivity contribution in [1.82, 2.24) is 15.5 Å². The Hall–Kier alpha value is -2.18. The predicted molar refractivity (Wildman–Crippen MR) is 156 cm³/mol. The summed E-state index contributed by atoms with van der Waals surface area (Å²) in [6.07, 6.45) is 1.78. The van der Waals surface area contributed by atoms with E-state index in [2.05, 4.69) is 37.1 Å². The second-order valence-electron chi connectivity index (χ2n) is 10.0. The quantitative estimate of drug-likeness (QED) is 0.183. The van der Waals surface area contributed by atoms with Gasteiger partial charge in [0, 0.05) is 43.7 Å². The molecule has 0 heterocycles. The number of hydrogen-bond donors (Lipinski definition) is 5. The van der Waals surface area contributed by atoms with Gasteiger partial charge in [0.15, 0.2) is 0 Å². The molecule has 0 unspecified atom stereocenters. The van der Waals surface area contributed by atoms with Crippen LogP contribution in [0.15, 0.2) is 42.5 Å². The number of nitrogens with one attached hydrogen (secondary N) is 2. The summed E-state index contributed by atoms with van der Waals surface area (Å²) in [7, 11) is -3.37. The van der Waals surface area contributed by atoms with E-state index in [-0.39, 0.29) is 30.8 Å². The predicted octanol–water partition coefficient (Wildman–Crippen LogP) is 1.91. The number of amides is 1. The van der Waals surface area contributed by atoms with Crippen LogP contribution in [0.2, 0.25) is 0 Å². The van der Waals surface area contributed by atoms with E-state index in [9.17, 15) is 23.1 Å². The Morgan fingerprint density at radius 1 is 1.16 bits per heavy atom. The van der Waals surface area contributed by atoms with Gasteiger partial charge in [0.05, 0.1) is 12.3 Å². The summed E-state index contributed by atoms with van der Waals surface area (Å²) >= 11 is 4.28. The summed E-state index contributed by atoms with van der Waals surface area (Å²) in [6, 6.07) is 12.7. The highest BCUT2D eigenvalue weighted by molar-refractivity contribution is 7.90. The molecule has 38 heavy (non-hydrogen) atoms. The molecule has 0 saturated carbocycles. The summed E-state index contributed by atoms with van der Waals surface area (Å²) in [6.45, 7) is 5.80. The van der Waals surface area contributed by atoms with Crippen molar-refractivity contribution in [2.24, 2.45) is 11.7 Å². The summed E-state index contributed by atoms with van der Waals surface area (Å²) in [5, 5.41) is 17.8. The zero-order valence-corrected chi connectivity index (χ0v) is 24.2. The number of benzene rings is 2. The average Bonchev–Trinajstić information content (AvgIpc) is 2.87. The van der Waals surface area contributed by atoms with E-state index in [1.54, 1.807) is 0 Å². The van der Waals surface area contributed by atoms with Gasteiger partial charge in [-0.05, 0) is 28.7 Å². The third-order valence-electron chi connectivity index (χ3n) is 6.71. The van der Waals surface area contributed by atoms with E-state index in [1.165, 1.54) is 0 Å². The maximum Gasteiger partial charge on any atom is 0.326 e. The van der Waals surface area contributed by atoms with Crippen LogP contribution in [-0.4, -0.2) is 85.8 Å². The fourth-order valence-corrected chi connectivity index (χ4v) is 5.06. The Balaban J connectivity index is 2.28. The number of fused-ring (bicyclic) bond motifs is 1. The zero-order chi connectivity index (χ0) is 28.3. The molecule has 2 aromatic carbocycles. The number of carbonyl (C=O) groups excluding carboxylic acids is 1. The summed E-state index contributed by atoms with van der Waals surface area (Å²) < 4.78 is 23.1. The van der Waals surface area contributed by atoms with Crippen LogP contribution >= 0.6 is 12.6 Å². The molecule has 0 aliphatic heterocycles. The molecule has 0 aliphatic carbocycles. The van der Waals surface area contributed by atoms with Crippen LogP contribution in [0.3, 0.4) is 0 Å². The first-order valence-corrected chi connectivity index (χ1v) is 15.6. The van der Waals surface area contributed by atoms with Crippen molar-refractivity contribution < 1.29 is 23.1 Å². The van der Waals surface area contributed by atoms with Gasteiger partial charge in [0.1, 0.15) is 15.9 Å². The molecule has 5 N–H and O–H groups in total. The highest BCUT2D eigenvalue weighted by atomic mass is 32.2. The summed E-state index contributed by atoms with van der Waals surface area (Å²) in [5.74, 6) is -1.22. The van der Waals surface area contributed by atoms with Crippen molar-refractivity contribution in [2.75, 3.05) is 37.4 Å². The fourth-order valence-electron chi connectivity index (χ4n) is 4.26. The molecule has 4 atom stereocenters. The smallest absolute Gasteiger partial charge is 0.326 e. The molecule has 11 heteroatoms. The molecule has 0 aromatic heterocycles. The van der Waals surface area contributed by atoms with E-state index in [0.717, 1.165) is 29.0 Å². The van der Waals surface area contributed by atoms with Crippen molar-refractivity contribution >= 4 is 45.1 Å². The molecule has 0 fully saturated rings. The second-order valence-corrected chi connectivity index (χ2v) is 12.7. The number of carboxylic acid groups (broad SMARTS) is 1. The van der Waals surface area contributed by atoms with Gasteiger partial charge in [-0.2, -0.15) is 12.6 Å². The van der Waals surface area contributed by atoms with Gasteiger partial charge in [-0.1, -0.05) is 62.7 Å². The summed E-state index contributed by atoms with van der Waals surface area (Å²) in [5.41, 5.74) is 7.14. The first-order chi connectivity index (χ1) is 17.9. The van der Waals surface area contributed by atoms with Crippen molar-refractivity contribution in [3.63, 3.8) is 0 Å². The van der Waals surface area contributed by atoms with E-state index in [4.69, 9.17) is 5.73 Å². The maximum atomic E-state index is 13.1. The van der Waals surface area contributed by atoms with Crippen LogP contribution < -0.4 is 16.4 Å². The normalized spacial score (nSPS) is 15.2. The van der Waals surface area contributed by atoms with Crippen molar-refractivity contribution in [3.8, 4) is 0 Å². The third kappa shape index (κ3) is 10.9. The molecular formula is C27H42N4O5S2. The first kappa shape index (κ1) is 32.0. The Morgan fingerprint density at radius 2 is 1.84 bits per heavy atom. The lowest BCUT2D eigenvalue weighted by Gasteiger charge is -2.32. The van der Waals surface area contributed by atoms with Gasteiger partial charge in [-0.25, -0.2) is 13.2 Å². The number of thiol groups is 1. The maximum absolute atomic E-state index is 13.1. The molecule has 0 spiro atoms. The lowest BCUT2D eigenvalue weighted by atomic mass is 9.97. The van der Waals surface area contributed by atoms with Gasteiger partial charge in [0.2, 0.25) is 5.91 Å². The van der Waals surface area contributed by atoms with Crippen LogP contribution in [-0.2, 0) is 26.0 Å². The molecule has 1 amide bonds. The van der Waals surface area contributed by atoms with Crippen LogP contribution in [0, 0.1) is 5.92 Å². The topological polar surface area (TPSA) is 142 Å². The van der Waals surface area contributed by atoms with E-state index in [0.29, 0.717) is 31.3 Å². The molecule has 2 aromatic rings. The van der Waals surface area contributed by atoms with Gasteiger partial charge in [-0.15, -0.1) is 0 Å². The number of nitrogens with two attached hydrogens (primary N) is 1. The Bertz CT molecular complexity index is 1160. The van der Waals surface area contributed by atoms with Gasteiger partial charge in [0.25, 0.3) is 0 Å². The van der Waals surface area contributed by atoms with Crippen molar-refractivity contribution in [3.05, 3.63) is 48.0 Å². The Kier molecular flexibility index (Phi) is 13.0. The van der Waals surface area contributed by atoms with E-state index >= 15 is 0 Å². The average molecular weight is 567 g/mol. The lowest BCUT2D eigenvalue weighted by Crippen LogP contribution is -2.51. The second kappa shape index (κ2) is 15.4.